The summed E-state index contributed by atoms with van der Waals surface area (Å²) in [7, 11) is 0. The van der Waals surface area contributed by atoms with Crippen LogP contribution in [-0.4, -0.2) is 80.0 Å². The first-order chi connectivity index (χ1) is 23.4. The number of aliphatic hydroxyl groups is 1. The molecule has 0 aliphatic carbocycles. The molecule has 1 saturated heterocycles. The fraction of sp³-hybridized carbons (Fsp3) is 0.649. The highest BCUT2D eigenvalue weighted by Crippen LogP contribution is 2.28. The number of carbonyl (C=O) groups is 4. The van der Waals surface area contributed by atoms with E-state index in [1.54, 1.807) is 51.7 Å². The highest BCUT2D eigenvalue weighted by atomic mass is 19.1. The molecule has 13 heteroatoms. The van der Waals surface area contributed by atoms with E-state index in [2.05, 4.69) is 34.9 Å². The van der Waals surface area contributed by atoms with Crippen molar-refractivity contribution in [1.82, 2.24) is 25.3 Å². The molecular weight excluding hydrogens is 643 g/mol. The van der Waals surface area contributed by atoms with Crippen LogP contribution < -0.4 is 16.0 Å². The number of hydrogen-bond acceptors (Lipinski definition) is 7. The monoisotopic (exact) mass is 700 g/mol. The Hall–Kier alpha value is -4.00. The molecule has 1 fully saturated rings. The van der Waals surface area contributed by atoms with Crippen LogP contribution in [0, 0.1) is 11.7 Å². The topological polar surface area (TPSA) is 155 Å². The van der Waals surface area contributed by atoms with E-state index >= 15 is 4.39 Å². The second-order valence-corrected chi connectivity index (χ2v) is 14.8. The average molecular weight is 701 g/mol. The Morgan fingerprint density at radius 1 is 1.04 bits per heavy atom. The van der Waals surface area contributed by atoms with Gasteiger partial charge in [0.05, 0.1) is 11.3 Å². The molecule has 0 bridgehead atoms. The highest BCUT2D eigenvalue weighted by Gasteiger charge is 2.37. The zero-order valence-electron chi connectivity index (χ0n) is 31.0. The van der Waals surface area contributed by atoms with Crippen LogP contribution >= 0.6 is 0 Å². The lowest BCUT2D eigenvalue weighted by Gasteiger charge is -2.38. The first-order valence-electron chi connectivity index (χ1n) is 17.9. The zero-order chi connectivity index (χ0) is 37.2. The fourth-order valence-electron chi connectivity index (χ4n) is 6.16. The number of aromatic nitrogens is 2. The van der Waals surface area contributed by atoms with Crippen molar-refractivity contribution in [2.24, 2.45) is 5.92 Å². The zero-order valence-corrected chi connectivity index (χ0v) is 31.0. The first-order valence-corrected chi connectivity index (χ1v) is 17.9. The van der Waals surface area contributed by atoms with Crippen molar-refractivity contribution in [2.45, 2.75) is 136 Å². The molecule has 4 N–H and O–H groups in total. The Kier molecular flexibility index (Phi) is 14.4. The van der Waals surface area contributed by atoms with Gasteiger partial charge in [-0.25, -0.2) is 9.18 Å². The number of halogens is 1. The van der Waals surface area contributed by atoms with Gasteiger partial charge in [0.25, 0.3) is 5.91 Å². The standard InChI is InChI=1S/C37H57FN6O6/c1-9-12-24(3)13-11-14-29(41-33(46)30-17-20-39-44(30)10-2)32(45)40-28-16-15-26(23-27(28)38)25(4)31(42-35(48)50-36(5,6)7)34(47)43-21-18-37(8,49)19-22-43/h15-17,20,23-25,29,31,49H,9-14,18-19,21-22H2,1-8H3,(H,40,45)(H,41,46)(H,42,48)/t24-,25-,29-,31+/m0/s1. The number of carbonyl (C=O) groups excluding carboxylic acids is 4. The van der Waals surface area contributed by atoms with Crippen molar-refractivity contribution in [3.8, 4) is 0 Å². The van der Waals surface area contributed by atoms with E-state index in [1.165, 1.54) is 23.0 Å². The molecule has 4 amide bonds. The van der Waals surface area contributed by atoms with E-state index in [4.69, 9.17) is 4.74 Å². The summed E-state index contributed by atoms with van der Waals surface area (Å²) < 4.78 is 22.7. The summed E-state index contributed by atoms with van der Waals surface area (Å²) in [6, 6.07) is 3.83. The second kappa shape index (κ2) is 17.8. The SMILES string of the molecule is CCC[C@H](C)CCC[C@H](NC(=O)c1ccnn1CC)C(=O)Nc1ccc([C@H](C)[C@@H](NC(=O)OC(C)(C)C)C(=O)N2CCC(C)(O)CC2)cc1F. The Morgan fingerprint density at radius 2 is 1.72 bits per heavy atom. The maximum absolute atomic E-state index is 15.7. The molecule has 2 heterocycles. The molecule has 1 aliphatic rings. The number of rotatable bonds is 15. The normalized spacial score (nSPS) is 16.9. The first kappa shape index (κ1) is 40.4. The smallest absolute Gasteiger partial charge is 0.408 e. The van der Waals surface area contributed by atoms with Crippen LogP contribution in [0.25, 0.3) is 0 Å². The molecule has 0 radical (unpaired) electrons. The van der Waals surface area contributed by atoms with Gasteiger partial charge in [-0.2, -0.15) is 5.10 Å². The second-order valence-electron chi connectivity index (χ2n) is 14.8. The summed E-state index contributed by atoms with van der Waals surface area (Å²) in [4.78, 5) is 54.9. The molecule has 0 spiro atoms. The molecule has 12 nitrogen and oxygen atoms in total. The van der Waals surface area contributed by atoms with Crippen molar-refractivity contribution >= 4 is 29.5 Å². The number of anilines is 1. The Labute approximate surface area is 295 Å². The number of aryl methyl sites for hydroxylation is 1. The molecular formula is C37H57FN6O6. The summed E-state index contributed by atoms with van der Waals surface area (Å²) >= 11 is 0. The van der Waals surface area contributed by atoms with Gasteiger partial charge in [0.1, 0.15) is 29.2 Å². The molecule has 2 aromatic rings. The van der Waals surface area contributed by atoms with E-state index in [9.17, 15) is 24.3 Å². The van der Waals surface area contributed by atoms with E-state index in [-0.39, 0.29) is 11.6 Å². The highest BCUT2D eigenvalue weighted by molar-refractivity contribution is 6.00. The van der Waals surface area contributed by atoms with Crippen LogP contribution in [0.4, 0.5) is 14.9 Å². The quantitative estimate of drug-likeness (QED) is 0.184. The maximum Gasteiger partial charge on any atom is 0.408 e. The molecule has 1 aliphatic heterocycles. The van der Waals surface area contributed by atoms with E-state index in [0.717, 1.165) is 19.3 Å². The van der Waals surface area contributed by atoms with Crippen molar-refractivity contribution in [1.29, 1.82) is 0 Å². The van der Waals surface area contributed by atoms with Gasteiger partial charge in [-0.05, 0) is 83.6 Å². The van der Waals surface area contributed by atoms with Crippen LogP contribution in [0.5, 0.6) is 0 Å². The van der Waals surface area contributed by atoms with Crippen molar-refractivity contribution in [3.05, 3.63) is 47.5 Å². The number of ether oxygens (including phenoxy) is 1. The predicted octanol–water partition coefficient (Wildman–Crippen LogP) is 5.76. The lowest BCUT2D eigenvalue weighted by atomic mass is 9.89. The molecule has 1 aromatic heterocycles. The number of benzene rings is 1. The Bertz CT molecular complexity index is 1460. The fourth-order valence-corrected chi connectivity index (χ4v) is 6.16. The third kappa shape index (κ3) is 11.8. The van der Waals surface area contributed by atoms with Gasteiger partial charge in [-0.3, -0.25) is 19.1 Å². The molecule has 278 valence electrons. The number of likely N-dealkylation sites (tertiary alicyclic amines) is 1. The molecule has 3 rings (SSSR count). The van der Waals surface area contributed by atoms with E-state index in [0.29, 0.717) is 62.5 Å². The number of amides is 4. The van der Waals surface area contributed by atoms with Gasteiger partial charge in [0.15, 0.2) is 0 Å². The summed E-state index contributed by atoms with van der Waals surface area (Å²) in [6.45, 7) is 15.8. The van der Waals surface area contributed by atoms with Gasteiger partial charge in [0, 0.05) is 31.7 Å². The average Bonchev–Trinajstić information content (AvgIpc) is 3.52. The van der Waals surface area contributed by atoms with Crippen molar-refractivity contribution in [2.75, 3.05) is 18.4 Å². The van der Waals surface area contributed by atoms with Crippen LogP contribution in [-0.2, 0) is 20.9 Å². The summed E-state index contributed by atoms with van der Waals surface area (Å²) in [6.07, 6.45) is 5.59. The summed E-state index contributed by atoms with van der Waals surface area (Å²) in [5.41, 5.74) is -1.02. The molecule has 1 aromatic carbocycles. The van der Waals surface area contributed by atoms with Crippen molar-refractivity contribution in [3.63, 3.8) is 0 Å². The van der Waals surface area contributed by atoms with Crippen molar-refractivity contribution < 1.29 is 33.4 Å². The van der Waals surface area contributed by atoms with Gasteiger partial charge >= 0.3 is 6.09 Å². The lowest BCUT2D eigenvalue weighted by molar-refractivity contribution is -0.137. The summed E-state index contributed by atoms with van der Waals surface area (Å²) in [5.74, 6) is -2.31. The number of nitrogens with one attached hydrogen (secondary N) is 3. The predicted molar refractivity (Wildman–Crippen MR) is 190 cm³/mol. The molecule has 0 unspecified atom stereocenters. The minimum absolute atomic E-state index is 0.0793. The van der Waals surface area contributed by atoms with E-state index in [1.807, 2.05) is 6.92 Å². The van der Waals surface area contributed by atoms with Crippen LogP contribution in [0.2, 0.25) is 0 Å². The molecule has 4 atom stereocenters. The van der Waals surface area contributed by atoms with Crippen LogP contribution in [0.3, 0.4) is 0 Å². The Balaban J connectivity index is 1.80. The third-order valence-electron chi connectivity index (χ3n) is 9.21. The van der Waals surface area contributed by atoms with E-state index < -0.39 is 52.9 Å². The van der Waals surface area contributed by atoms with Gasteiger partial charge in [-0.1, -0.05) is 52.5 Å². The van der Waals surface area contributed by atoms with Gasteiger partial charge in [0.2, 0.25) is 11.8 Å². The minimum atomic E-state index is -1.08. The van der Waals surface area contributed by atoms with Crippen LogP contribution in [0.1, 0.15) is 122 Å². The lowest BCUT2D eigenvalue weighted by Crippen LogP contribution is -2.55. The van der Waals surface area contributed by atoms with Gasteiger partial charge < -0.3 is 30.7 Å². The number of alkyl carbamates (subject to hydrolysis) is 1. The maximum atomic E-state index is 15.7. The molecule has 50 heavy (non-hydrogen) atoms. The molecule has 0 saturated carbocycles. The third-order valence-corrected chi connectivity index (χ3v) is 9.21. The number of piperidine rings is 1. The number of nitrogens with zero attached hydrogens (tertiary/aromatic N) is 3. The summed E-state index contributed by atoms with van der Waals surface area (Å²) in [5, 5.41) is 22.7. The largest absolute Gasteiger partial charge is 0.444 e. The minimum Gasteiger partial charge on any atom is -0.444 e. The van der Waals surface area contributed by atoms with Gasteiger partial charge in [-0.15, -0.1) is 0 Å². The van der Waals surface area contributed by atoms with Crippen LogP contribution in [0.15, 0.2) is 30.5 Å². The number of hydrogen-bond donors (Lipinski definition) is 4. The Morgan fingerprint density at radius 3 is 2.32 bits per heavy atom.